The summed E-state index contributed by atoms with van der Waals surface area (Å²) >= 11 is 0. The molecule has 0 bridgehead atoms. The normalized spacial score (nSPS) is 13.6. The number of aliphatic carboxylic acids is 1. The molecule has 2 rings (SSSR count). The van der Waals surface area contributed by atoms with Gasteiger partial charge >= 0.3 is 5.97 Å². The maximum atomic E-state index is 10.9. The van der Waals surface area contributed by atoms with Crippen LogP contribution in [0.25, 0.3) is 0 Å². The molecule has 114 valence electrons. The van der Waals surface area contributed by atoms with Crippen LogP contribution in [-0.2, 0) is 9.53 Å². The second kappa shape index (κ2) is 8.15. The van der Waals surface area contributed by atoms with Gasteiger partial charge in [-0.05, 0) is 43.2 Å². The smallest absolute Gasteiger partial charge is 0.371 e. The zero-order valence-corrected chi connectivity index (χ0v) is 13.0. The third kappa shape index (κ3) is 4.99. The Labute approximate surface area is 125 Å². The summed E-state index contributed by atoms with van der Waals surface area (Å²) < 4.78 is 10.7. The first-order valence-electron chi connectivity index (χ1n) is 7.02. The molecule has 4 heteroatoms. The van der Waals surface area contributed by atoms with E-state index in [2.05, 4.69) is 0 Å². The highest BCUT2D eigenvalue weighted by molar-refractivity contribution is 5.85. The first kappa shape index (κ1) is 16.8. The summed E-state index contributed by atoms with van der Waals surface area (Å²) in [6.07, 6.45) is 1.52. The highest BCUT2D eigenvalue weighted by Gasteiger charge is 2.17. The minimum Gasteiger partial charge on any atom is -0.489 e. The second-order valence-electron chi connectivity index (χ2n) is 4.51. The largest absolute Gasteiger partial charge is 0.489 e. The number of aryl methyl sites for hydroxylation is 1. The monoisotopic (exact) mass is 290 g/mol. The molecular weight excluding hydrogens is 268 g/mol. The molecule has 0 amide bonds. The van der Waals surface area contributed by atoms with Crippen LogP contribution in [0, 0.1) is 6.92 Å². The average Bonchev–Trinajstić information content (AvgIpc) is 2.50. The highest BCUT2D eigenvalue weighted by atomic mass is 16.5. The minimum absolute atomic E-state index is 0.0342. The molecule has 0 saturated carbocycles. The molecule has 0 spiro atoms. The summed E-state index contributed by atoms with van der Waals surface area (Å²) in [4.78, 5) is 10.9. The molecule has 0 aromatic heterocycles. The first-order valence-corrected chi connectivity index (χ1v) is 7.02. The van der Waals surface area contributed by atoms with E-state index in [4.69, 9.17) is 14.6 Å². The minimum atomic E-state index is -1.06. The molecule has 1 heterocycles. The van der Waals surface area contributed by atoms with Gasteiger partial charge < -0.3 is 14.6 Å². The van der Waals surface area contributed by atoms with E-state index in [0.717, 1.165) is 16.9 Å². The fourth-order valence-corrected chi connectivity index (χ4v) is 1.69. The molecule has 0 saturated heterocycles. The second-order valence-corrected chi connectivity index (χ2v) is 4.51. The number of carboxylic acids is 1. The van der Waals surface area contributed by atoms with Crippen molar-refractivity contribution < 1.29 is 19.4 Å². The van der Waals surface area contributed by atoms with Gasteiger partial charge in [0.25, 0.3) is 0 Å². The molecule has 1 N–H and O–H groups in total. The van der Waals surface area contributed by atoms with Crippen molar-refractivity contribution in [2.75, 3.05) is 13.2 Å². The number of hydrogen-bond donors (Lipinski definition) is 1. The summed E-state index contributed by atoms with van der Waals surface area (Å²) in [5.74, 6) is -0.323. The Kier molecular flexibility index (Phi) is 6.53. The molecule has 21 heavy (non-hydrogen) atoms. The lowest BCUT2D eigenvalue weighted by Crippen LogP contribution is -2.15. The molecule has 1 aromatic rings. The van der Waals surface area contributed by atoms with Gasteiger partial charge in [-0.2, -0.15) is 0 Å². The van der Waals surface area contributed by atoms with E-state index in [0.29, 0.717) is 13.2 Å². The standard InChI is InChI=1S/C15H16O4.C2H6/c1-10-3-5-13(6-4-10)18-9-12-7-14(15(16)17)19-8-11(12)2;1-2/h3-7H,8-9H2,1-2H3,(H,16,17);1-2H3. The van der Waals surface area contributed by atoms with Crippen LogP contribution in [0.2, 0.25) is 0 Å². The number of rotatable bonds is 4. The van der Waals surface area contributed by atoms with E-state index >= 15 is 0 Å². The Morgan fingerprint density at radius 1 is 1.24 bits per heavy atom. The van der Waals surface area contributed by atoms with Crippen molar-refractivity contribution >= 4 is 5.97 Å². The van der Waals surface area contributed by atoms with Crippen molar-refractivity contribution in [2.45, 2.75) is 27.7 Å². The van der Waals surface area contributed by atoms with Crippen molar-refractivity contribution in [2.24, 2.45) is 0 Å². The van der Waals surface area contributed by atoms with Gasteiger partial charge in [-0.25, -0.2) is 4.79 Å². The summed E-state index contributed by atoms with van der Waals surface area (Å²) in [5.41, 5.74) is 3.00. The number of hydrogen-bond acceptors (Lipinski definition) is 3. The Bertz CT molecular complexity index is 538. The molecule has 1 aliphatic heterocycles. The average molecular weight is 290 g/mol. The van der Waals surface area contributed by atoms with Crippen molar-refractivity contribution in [3.05, 3.63) is 52.8 Å². The lowest BCUT2D eigenvalue weighted by atomic mass is 10.1. The molecule has 4 nitrogen and oxygen atoms in total. The van der Waals surface area contributed by atoms with Crippen molar-refractivity contribution in [3.8, 4) is 5.75 Å². The van der Waals surface area contributed by atoms with E-state index in [1.165, 1.54) is 11.6 Å². The van der Waals surface area contributed by atoms with E-state index in [1.807, 2.05) is 52.0 Å². The van der Waals surface area contributed by atoms with Gasteiger partial charge in [-0.15, -0.1) is 0 Å². The fraction of sp³-hybridized carbons (Fsp3) is 0.353. The molecular formula is C17H22O4. The van der Waals surface area contributed by atoms with Crippen LogP contribution in [0.4, 0.5) is 0 Å². The van der Waals surface area contributed by atoms with Crippen LogP contribution in [0.5, 0.6) is 5.75 Å². The Morgan fingerprint density at radius 2 is 1.86 bits per heavy atom. The Hall–Kier alpha value is -2.23. The summed E-state index contributed by atoms with van der Waals surface area (Å²) in [7, 11) is 0. The van der Waals surface area contributed by atoms with Crippen LogP contribution < -0.4 is 4.74 Å². The molecule has 0 aliphatic carbocycles. The number of ether oxygens (including phenoxy) is 2. The predicted molar refractivity (Wildman–Crippen MR) is 82.4 cm³/mol. The molecule has 0 fully saturated rings. The molecule has 0 unspecified atom stereocenters. The molecule has 0 radical (unpaired) electrons. The van der Waals surface area contributed by atoms with Gasteiger partial charge in [0.05, 0.1) is 0 Å². The lowest BCUT2D eigenvalue weighted by molar-refractivity contribution is -0.136. The quantitative estimate of drug-likeness (QED) is 0.918. The van der Waals surface area contributed by atoms with Crippen LogP contribution in [0.3, 0.4) is 0 Å². The van der Waals surface area contributed by atoms with Crippen molar-refractivity contribution in [1.29, 1.82) is 0 Å². The van der Waals surface area contributed by atoms with Crippen LogP contribution >= 0.6 is 0 Å². The summed E-state index contributed by atoms with van der Waals surface area (Å²) in [5, 5.41) is 8.90. The number of carbonyl (C=O) groups is 1. The van der Waals surface area contributed by atoms with Gasteiger partial charge in [-0.3, -0.25) is 0 Å². The van der Waals surface area contributed by atoms with Gasteiger partial charge in [0.1, 0.15) is 19.0 Å². The van der Waals surface area contributed by atoms with E-state index in [1.54, 1.807) is 0 Å². The van der Waals surface area contributed by atoms with Gasteiger partial charge in [0.15, 0.2) is 0 Å². The number of carboxylic acid groups (broad SMARTS) is 1. The van der Waals surface area contributed by atoms with E-state index < -0.39 is 5.97 Å². The van der Waals surface area contributed by atoms with Gasteiger partial charge in [0, 0.05) is 0 Å². The third-order valence-corrected chi connectivity index (χ3v) is 2.92. The van der Waals surface area contributed by atoms with Crippen molar-refractivity contribution in [3.63, 3.8) is 0 Å². The van der Waals surface area contributed by atoms with Gasteiger partial charge in [-0.1, -0.05) is 31.5 Å². The molecule has 1 aliphatic rings. The predicted octanol–water partition coefficient (Wildman–Crippen LogP) is 3.72. The number of benzene rings is 1. The Balaban J connectivity index is 0.00000106. The van der Waals surface area contributed by atoms with Gasteiger partial charge in [0.2, 0.25) is 5.76 Å². The first-order chi connectivity index (χ1) is 10.1. The van der Waals surface area contributed by atoms with Crippen molar-refractivity contribution in [1.82, 2.24) is 0 Å². The Morgan fingerprint density at radius 3 is 2.43 bits per heavy atom. The topological polar surface area (TPSA) is 55.8 Å². The highest BCUT2D eigenvalue weighted by Crippen LogP contribution is 2.19. The van der Waals surface area contributed by atoms with E-state index in [-0.39, 0.29) is 5.76 Å². The SMILES string of the molecule is CC.CC1=C(COc2ccc(C)cc2)C=C(C(=O)O)OC1. The summed E-state index contributed by atoms with van der Waals surface area (Å²) in [6.45, 7) is 8.56. The van der Waals surface area contributed by atoms with Crippen LogP contribution in [0.1, 0.15) is 26.3 Å². The maximum Gasteiger partial charge on any atom is 0.371 e. The third-order valence-electron chi connectivity index (χ3n) is 2.92. The maximum absolute atomic E-state index is 10.9. The molecule has 0 atom stereocenters. The lowest BCUT2D eigenvalue weighted by Gasteiger charge is -2.17. The zero-order valence-electron chi connectivity index (χ0n) is 13.0. The zero-order chi connectivity index (χ0) is 15.8. The van der Waals surface area contributed by atoms with Crippen LogP contribution in [-0.4, -0.2) is 24.3 Å². The van der Waals surface area contributed by atoms with E-state index in [9.17, 15) is 4.79 Å². The fourth-order valence-electron chi connectivity index (χ4n) is 1.69. The molecule has 1 aromatic carbocycles. The summed E-state index contributed by atoms with van der Waals surface area (Å²) in [6, 6.07) is 7.73. The van der Waals surface area contributed by atoms with Crippen LogP contribution in [0.15, 0.2) is 47.2 Å².